The molecule has 0 unspecified atom stereocenters. The highest BCUT2D eigenvalue weighted by Crippen LogP contribution is 2.30. The lowest BCUT2D eigenvalue weighted by molar-refractivity contribution is -0.122. The second-order valence-corrected chi connectivity index (χ2v) is 4.88. The average molecular weight is 252 g/mol. The zero-order valence-corrected chi connectivity index (χ0v) is 10.6. The first-order valence-electron chi connectivity index (χ1n) is 6.61. The Kier molecular flexibility index (Phi) is 3.27. The lowest BCUT2D eigenvalue weighted by Crippen LogP contribution is -2.30. The molecule has 3 heteroatoms. The number of hydrogen-bond donors (Lipinski definition) is 1. The van der Waals surface area contributed by atoms with Gasteiger partial charge >= 0.3 is 0 Å². The molecule has 3 nitrogen and oxygen atoms in total. The van der Waals surface area contributed by atoms with Gasteiger partial charge in [0.15, 0.2) is 0 Å². The lowest BCUT2D eigenvalue weighted by atomic mass is 10.0. The van der Waals surface area contributed by atoms with Gasteiger partial charge in [0.05, 0.1) is 11.7 Å². The normalized spacial score (nSPS) is 15.8. The van der Waals surface area contributed by atoms with Crippen molar-refractivity contribution in [3.05, 3.63) is 66.0 Å². The van der Waals surface area contributed by atoms with Gasteiger partial charge in [-0.3, -0.25) is 9.78 Å². The smallest absolute Gasteiger partial charge is 0.223 e. The molecule has 0 spiro atoms. The number of hydrogen-bond acceptors (Lipinski definition) is 2. The average Bonchev–Trinajstić information content (AvgIpc) is 3.31. The molecule has 1 amide bonds. The minimum Gasteiger partial charge on any atom is -0.343 e. The first kappa shape index (κ1) is 11.9. The molecule has 1 heterocycles. The van der Waals surface area contributed by atoms with Crippen LogP contribution in [-0.2, 0) is 4.79 Å². The summed E-state index contributed by atoms with van der Waals surface area (Å²) in [5.41, 5.74) is 1.94. The third-order valence-corrected chi connectivity index (χ3v) is 3.35. The summed E-state index contributed by atoms with van der Waals surface area (Å²) in [6.07, 6.45) is 3.78. The van der Waals surface area contributed by atoms with Gasteiger partial charge in [-0.15, -0.1) is 0 Å². The quantitative estimate of drug-likeness (QED) is 0.909. The van der Waals surface area contributed by atoms with Crippen LogP contribution in [0, 0.1) is 5.92 Å². The summed E-state index contributed by atoms with van der Waals surface area (Å²) in [6.45, 7) is 0. The summed E-state index contributed by atoms with van der Waals surface area (Å²) < 4.78 is 0. The molecule has 1 aliphatic carbocycles. The van der Waals surface area contributed by atoms with Crippen LogP contribution in [0.4, 0.5) is 0 Å². The number of benzene rings is 1. The maximum atomic E-state index is 12.0. The molecule has 0 aliphatic heterocycles. The van der Waals surface area contributed by atoms with Gasteiger partial charge in [-0.05, 0) is 30.5 Å². The SMILES string of the molecule is O=C(N[C@@H](c1ccccc1)c1ccccn1)C1CC1. The van der Waals surface area contributed by atoms with Gasteiger partial charge in [0.1, 0.15) is 0 Å². The minimum absolute atomic E-state index is 0.138. The van der Waals surface area contributed by atoms with Crippen molar-refractivity contribution in [3.63, 3.8) is 0 Å². The number of aromatic nitrogens is 1. The Bertz CT molecular complexity index is 510. The largest absolute Gasteiger partial charge is 0.343 e. The molecule has 1 aliphatic rings. The predicted octanol–water partition coefficient (Wildman–Crippen LogP) is 2.70. The van der Waals surface area contributed by atoms with E-state index >= 15 is 0 Å². The third-order valence-electron chi connectivity index (χ3n) is 3.35. The highest BCUT2D eigenvalue weighted by molar-refractivity contribution is 5.81. The molecule has 1 aromatic heterocycles. The summed E-state index contributed by atoms with van der Waals surface area (Å²) in [4.78, 5) is 16.4. The molecule has 2 aromatic rings. The zero-order valence-electron chi connectivity index (χ0n) is 10.6. The van der Waals surface area contributed by atoms with E-state index in [1.165, 1.54) is 0 Å². The number of carbonyl (C=O) groups is 1. The van der Waals surface area contributed by atoms with E-state index in [0.29, 0.717) is 0 Å². The number of rotatable bonds is 4. The second kappa shape index (κ2) is 5.22. The van der Waals surface area contributed by atoms with Crippen molar-refractivity contribution in [3.8, 4) is 0 Å². The van der Waals surface area contributed by atoms with Crippen molar-refractivity contribution in [2.24, 2.45) is 5.92 Å². The number of nitrogens with one attached hydrogen (secondary N) is 1. The Morgan fingerprint density at radius 3 is 2.47 bits per heavy atom. The molecule has 1 saturated carbocycles. The van der Waals surface area contributed by atoms with Crippen LogP contribution in [-0.4, -0.2) is 10.9 Å². The zero-order chi connectivity index (χ0) is 13.1. The Morgan fingerprint density at radius 2 is 1.84 bits per heavy atom. The second-order valence-electron chi connectivity index (χ2n) is 4.88. The molecule has 96 valence electrons. The Morgan fingerprint density at radius 1 is 1.11 bits per heavy atom. The number of amides is 1. The molecule has 0 bridgehead atoms. The van der Waals surface area contributed by atoms with Gasteiger partial charge in [-0.1, -0.05) is 36.4 Å². The van der Waals surface area contributed by atoms with Gasteiger partial charge in [-0.25, -0.2) is 0 Å². The molecular weight excluding hydrogens is 236 g/mol. The topological polar surface area (TPSA) is 42.0 Å². The van der Waals surface area contributed by atoms with Crippen LogP contribution in [0.15, 0.2) is 54.7 Å². The standard InChI is InChI=1S/C16H16N2O/c19-16(13-9-10-13)18-15(12-6-2-1-3-7-12)14-8-4-5-11-17-14/h1-8,11,13,15H,9-10H2,(H,18,19)/t15-/m0/s1. The van der Waals surface area contributed by atoms with Crippen molar-refractivity contribution in [2.45, 2.75) is 18.9 Å². The monoisotopic (exact) mass is 252 g/mol. The van der Waals surface area contributed by atoms with Crippen molar-refractivity contribution < 1.29 is 4.79 Å². The fourth-order valence-corrected chi connectivity index (χ4v) is 2.13. The molecule has 1 fully saturated rings. The maximum absolute atomic E-state index is 12.0. The molecule has 19 heavy (non-hydrogen) atoms. The summed E-state index contributed by atoms with van der Waals surface area (Å²) in [6, 6.07) is 15.6. The molecular formula is C16H16N2O. The predicted molar refractivity (Wildman–Crippen MR) is 73.4 cm³/mol. The Balaban J connectivity index is 1.89. The highest BCUT2D eigenvalue weighted by atomic mass is 16.2. The summed E-state index contributed by atoms with van der Waals surface area (Å²) in [5, 5.41) is 3.11. The molecule has 0 saturated heterocycles. The van der Waals surface area contributed by atoms with E-state index in [1.807, 2.05) is 48.5 Å². The summed E-state index contributed by atoms with van der Waals surface area (Å²) in [7, 11) is 0. The summed E-state index contributed by atoms with van der Waals surface area (Å²) in [5.74, 6) is 0.342. The van der Waals surface area contributed by atoms with Crippen LogP contribution in [0.25, 0.3) is 0 Å². The van der Waals surface area contributed by atoms with Crippen molar-refractivity contribution in [1.82, 2.24) is 10.3 Å². The molecule has 3 rings (SSSR count). The van der Waals surface area contributed by atoms with E-state index in [2.05, 4.69) is 10.3 Å². The van der Waals surface area contributed by atoms with Crippen molar-refractivity contribution in [1.29, 1.82) is 0 Å². The Labute approximate surface area is 112 Å². The molecule has 1 N–H and O–H groups in total. The number of carbonyl (C=O) groups excluding carboxylic acids is 1. The van der Waals surface area contributed by atoms with E-state index in [0.717, 1.165) is 24.1 Å². The third kappa shape index (κ3) is 2.81. The van der Waals surface area contributed by atoms with Gasteiger partial charge in [0, 0.05) is 12.1 Å². The Hall–Kier alpha value is -2.16. The van der Waals surface area contributed by atoms with Crippen LogP contribution in [0.2, 0.25) is 0 Å². The first-order chi connectivity index (χ1) is 9.34. The van der Waals surface area contributed by atoms with E-state index in [9.17, 15) is 4.79 Å². The van der Waals surface area contributed by atoms with E-state index < -0.39 is 0 Å². The summed E-state index contributed by atoms with van der Waals surface area (Å²) >= 11 is 0. The van der Waals surface area contributed by atoms with Gasteiger partial charge in [-0.2, -0.15) is 0 Å². The number of nitrogens with zero attached hydrogens (tertiary/aromatic N) is 1. The maximum Gasteiger partial charge on any atom is 0.223 e. The first-order valence-corrected chi connectivity index (χ1v) is 6.61. The number of pyridine rings is 1. The van der Waals surface area contributed by atoms with Gasteiger partial charge < -0.3 is 5.32 Å². The van der Waals surface area contributed by atoms with E-state index in [1.54, 1.807) is 6.20 Å². The van der Waals surface area contributed by atoms with E-state index in [4.69, 9.17) is 0 Å². The minimum atomic E-state index is -0.157. The van der Waals surface area contributed by atoms with Crippen molar-refractivity contribution in [2.75, 3.05) is 0 Å². The lowest BCUT2D eigenvalue weighted by Gasteiger charge is -2.18. The van der Waals surface area contributed by atoms with E-state index in [-0.39, 0.29) is 17.9 Å². The van der Waals surface area contributed by atoms with Gasteiger partial charge in [0.2, 0.25) is 5.91 Å². The molecule has 1 aromatic carbocycles. The van der Waals surface area contributed by atoms with Crippen LogP contribution in [0.3, 0.4) is 0 Å². The van der Waals surface area contributed by atoms with Crippen LogP contribution < -0.4 is 5.32 Å². The van der Waals surface area contributed by atoms with Crippen molar-refractivity contribution >= 4 is 5.91 Å². The fraction of sp³-hybridized carbons (Fsp3) is 0.250. The van der Waals surface area contributed by atoms with Gasteiger partial charge in [0.25, 0.3) is 0 Å². The van der Waals surface area contributed by atoms with Crippen LogP contribution in [0.5, 0.6) is 0 Å². The molecule has 0 radical (unpaired) electrons. The van der Waals surface area contributed by atoms with Crippen LogP contribution >= 0.6 is 0 Å². The highest BCUT2D eigenvalue weighted by Gasteiger charge is 2.31. The fourth-order valence-electron chi connectivity index (χ4n) is 2.13. The van der Waals surface area contributed by atoms with Crippen LogP contribution in [0.1, 0.15) is 30.1 Å². The molecule has 1 atom stereocenters.